The van der Waals surface area contributed by atoms with Crippen LogP contribution in [-0.4, -0.2) is 32.9 Å². The van der Waals surface area contributed by atoms with E-state index in [1.807, 2.05) is 36.4 Å². The largest absolute Gasteiger partial charge is 0.497 e. The fourth-order valence-corrected chi connectivity index (χ4v) is 3.73. The van der Waals surface area contributed by atoms with E-state index >= 15 is 0 Å². The summed E-state index contributed by atoms with van der Waals surface area (Å²) in [6.45, 7) is 0. The SMILES string of the molecule is COc1cccc(Nc2nc(-c3cccnc3)nc3ccc(NC(=O)c4cccc([N+](=O)[O-])c4)cc23)c1. The number of nitro benzene ring substituents is 1. The summed E-state index contributed by atoms with van der Waals surface area (Å²) in [6, 6.07) is 21.9. The number of hydrogen-bond acceptors (Lipinski definition) is 8. The summed E-state index contributed by atoms with van der Waals surface area (Å²) in [4.78, 5) is 36.9. The third-order valence-electron chi connectivity index (χ3n) is 5.52. The van der Waals surface area contributed by atoms with Crippen molar-refractivity contribution in [3.8, 4) is 17.1 Å². The first kappa shape index (κ1) is 23.4. The molecule has 182 valence electrons. The highest BCUT2D eigenvalue weighted by Gasteiger charge is 2.15. The number of carbonyl (C=O) groups excluding carboxylic acids is 1. The van der Waals surface area contributed by atoms with Crippen molar-refractivity contribution in [2.45, 2.75) is 0 Å². The number of non-ortho nitro benzene ring substituents is 1. The van der Waals surface area contributed by atoms with Crippen LogP contribution in [0, 0.1) is 10.1 Å². The van der Waals surface area contributed by atoms with Gasteiger partial charge in [0.2, 0.25) is 0 Å². The third-order valence-corrected chi connectivity index (χ3v) is 5.52. The van der Waals surface area contributed by atoms with E-state index in [1.54, 1.807) is 37.7 Å². The maximum atomic E-state index is 12.8. The molecule has 1 amide bonds. The number of methoxy groups -OCH3 is 1. The summed E-state index contributed by atoms with van der Waals surface area (Å²) in [5, 5.41) is 17.9. The Labute approximate surface area is 211 Å². The zero-order valence-corrected chi connectivity index (χ0v) is 19.6. The van der Waals surface area contributed by atoms with Crippen LogP contribution in [0.25, 0.3) is 22.3 Å². The topological polar surface area (TPSA) is 132 Å². The summed E-state index contributed by atoms with van der Waals surface area (Å²) in [7, 11) is 1.59. The molecule has 3 aromatic carbocycles. The molecule has 2 aromatic heterocycles. The van der Waals surface area contributed by atoms with Crippen LogP contribution in [0.1, 0.15) is 10.4 Å². The van der Waals surface area contributed by atoms with E-state index in [2.05, 4.69) is 20.6 Å². The molecule has 5 rings (SSSR count). The van der Waals surface area contributed by atoms with Gasteiger partial charge >= 0.3 is 0 Å². The molecule has 0 unspecified atom stereocenters. The second-order valence-electron chi connectivity index (χ2n) is 7.99. The van der Waals surface area contributed by atoms with Gasteiger partial charge in [-0.15, -0.1) is 0 Å². The van der Waals surface area contributed by atoms with E-state index in [1.165, 1.54) is 24.3 Å². The van der Waals surface area contributed by atoms with Gasteiger partial charge in [-0.3, -0.25) is 19.9 Å². The highest BCUT2D eigenvalue weighted by Crippen LogP contribution is 2.30. The highest BCUT2D eigenvalue weighted by atomic mass is 16.6. The lowest BCUT2D eigenvalue weighted by molar-refractivity contribution is -0.384. The van der Waals surface area contributed by atoms with Crippen molar-refractivity contribution in [3.05, 3.63) is 107 Å². The smallest absolute Gasteiger partial charge is 0.270 e. The maximum absolute atomic E-state index is 12.8. The number of pyridine rings is 1. The number of nitrogens with zero attached hydrogens (tertiary/aromatic N) is 4. The minimum atomic E-state index is -0.541. The molecule has 0 saturated heterocycles. The molecule has 0 aliphatic carbocycles. The van der Waals surface area contributed by atoms with E-state index in [0.717, 1.165) is 11.3 Å². The quantitative estimate of drug-likeness (QED) is 0.221. The molecule has 2 heterocycles. The van der Waals surface area contributed by atoms with Crippen molar-refractivity contribution < 1.29 is 14.5 Å². The number of anilines is 3. The van der Waals surface area contributed by atoms with Gasteiger partial charge in [0.15, 0.2) is 5.82 Å². The first-order valence-electron chi connectivity index (χ1n) is 11.2. The molecular formula is C27H20N6O4. The second kappa shape index (κ2) is 10.1. The molecule has 0 atom stereocenters. The Morgan fingerprint density at radius 2 is 1.81 bits per heavy atom. The molecule has 2 N–H and O–H groups in total. The number of ether oxygens (including phenoxy) is 1. The first-order valence-corrected chi connectivity index (χ1v) is 11.2. The Bertz CT molecular complexity index is 1620. The molecule has 10 nitrogen and oxygen atoms in total. The Morgan fingerprint density at radius 1 is 0.946 bits per heavy atom. The minimum Gasteiger partial charge on any atom is -0.497 e. The first-order chi connectivity index (χ1) is 18.0. The van der Waals surface area contributed by atoms with Crippen molar-refractivity contribution in [1.29, 1.82) is 0 Å². The number of hydrogen-bond donors (Lipinski definition) is 2. The fourth-order valence-electron chi connectivity index (χ4n) is 3.73. The highest BCUT2D eigenvalue weighted by molar-refractivity contribution is 6.06. The van der Waals surface area contributed by atoms with E-state index in [-0.39, 0.29) is 11.3 Å². The predicted octanol–water partition coefficient (Wildman–Crippen LogP) is 5.60. The van der Waals surface area contributed by atoms with Crippen LogP contribution in [-0.2, 0) is 0 Å². The van der Waals surface area contributed by atoms with E-state index < -0.39 is 10.8 Å². The Kier molecular flexibility index (Phi) is 6.37. The lowest BCUT2D eigenvalue weighted by Crippen LogP contribution is -2.12. The van der Waals surface area contributed by atoms with Gasteiger partial charge in [0, 0.05) is 58.5 Å². The molecule has 0 bridgehead atoms. The number of amides is 1. The van der Waals surface area contributed by atoms with Gasteiger partial charge in [0.05, 0.1) is 17.5 Å². The second-order valence-corrected chi connectivity index (χ2v) is 7.99. The zero-order chi connectivity index (χ0) is 25.8. The van der Waals surface area contributed by atoms with Crippen LogP contribution in [0.2, 0.25) is 0 Å². The number of nitro groups is 1. The van der Waals surface area contributed by atoms with E-state index in [4.69, 9.17) is 9.72 Å². The molecule has 0 fully saturated rings. The summed E-state index contributed by atoms with van der Waals surface area (Å²) in [6.07, 6.45) is 3.36. The van der Waals surface area contributed by atoms with Crippen molar-refractivity contribution in [3.63, 3.8) is 0 Å². The number of nitrogens with one attached hydrogen (secondary N) is 2. The van der Waals surface area contributed by atoms with Crippen LogP contribution in [0.5, 0.6) is 5.75 Å². The fraction of sp³-hybridized carbons (Fsp3) is 0.0370. The van der Waals surface area contributed by atoms with Crippen molar-refractivity contribution in [2.75, 3.05) is 17.7 Å². The van der Waals surface area contributed by atoms with Gasteiger partial charge in [-0.25, -0.2) is 9.97 Å². The molecule has 0 spiro atoms. The predicted molar refractivity (Wildman–Crippen MR) is 140 cm³/mol. The lowest BCUT2D eigenvalue weighted by atomic mass is 10.1. The molecule has 10 heteroatoms. The number of carbonyl (C=O) groups is 1. The van der Waals surface area contributed by atoms with Gasteiger partial charge in [-0.2, -0.15) is 0 Å². The summed E-state index contributed by atoms with van der Waals surface area (Å²) in [5.41, 5.74) is 2.64. The monoisotopic (exact) mass is 492 g/mol. The van der Waals surface area contributed by atoms with Gasteiger partial charge < -0.3 is 15.4 Å². The van der Waals surface area contributed by atoms with Crippen molar-refractivity contribution >= 4 is 39.7 Å². The van der Waals surface area contributed by atoms with Gasteiger partial charge in [-0.05, 0) is 48.5 Å². The molecule has 0 aliphatic rings. The number of rotatable bonds is 7. The zero-order valence-electron chi connectivity index (χ0n) is 19.6. The average molecular weight is 492 g/mol. The molecule has 37 heavy (non-hydrogen) atoms. The van der Waals surface area contributed by atoms with Gasteiger partial charge in [0.25, 0.3) is 11.6 Å². The standard InChI is InChI=1S/C27H20N6O4/c1-37-22-9-3-7-19(14-22)29-26-23-15-20(30-27(34)17-5-2-8-21(13-17)33(35)36)10-11-24(23)31-25(32-26)18-6-4-12-28-16-18/h2-16H,1H3,(H,30,34)(H,29,31,32). The van der Waals surface area contributed by atoms with Gasteiger partial charge in [-0.1, -0.05) is 12.1 Å². The Balaban J connectivity index is 1.54. The van der Waals surface area contributed by atoms with E-state index in [0.29, 0.717) is 34.0 Å². The maximum Gasteiger partial charge on any atom is 0.270 e. The van der Waals surface area contributed by atoms with Crippen LogP contribution in [0.15, 0.2) is 91.3 Å². The molecular weight excluding hydrogens is 472 g/mol. The number of fused-ring (bicyclic) bond motifs is 1. The van der Waals surface area contributed by atoms with Crippen LogP contribution in [0.3, 0.4) is 0 Å². The van der Waals surface area contributed by atoms with Crippen LogP contribution >= 0.6 is 0 Å². The number of benzene rings is 3. The number of aromatic nitrogens is 3. The Hall–Kier alpha value is -5.38. The average Bonchev–Trinajstić information content (AvgIpc) is 2.93. The third kappa shape index (κ3) is 5.17. The summed E-state index contributed by atoms with van der Waals surface area (Å²) in [5.74, 6) is 1.21. The molecule has 5 aromatic rings. The minimum absolute atomic E-state index is 0.160. The van der Waals surface area contributed by atoms with Crippen molar-refractivity contribution in [1.82, 2.24) is 15.0 Å². The lowest BCUT2D eigenvalue weighted by Gasteiger charge is -2.13. The Morgan fingerprint density at radius 3 is 2.59 bits per heavy atom. The van der Waals surface area contributed by atoms with Crippen molar-refractivity contribution in [2.24, 2.45) is 0 Å². The van der Waals surface area contributed by atoms with Gasteiger partial charge in [0.1, 0.15) is 11.6 Å². The molecule has 0 aliphatic heterocycles. The summed E-state index contributed by atoms with van der Waals surface area (Å²) < 4.78 is 5.33. The molecule has 0 radical (unpaired) electrons. The normalized spacial score (nSPS) is 10.6. The van der Waals surface area contributed by atoms with Crippen LogP contribution in [0.4, 0.5) is 22.9 Å². The molecule has 0 saturated carbocycles. The summed E-state index contributed by atoms with van der Waals surface area (Å²) >= 11 is 0. The van der Waals surface area contributed by atoms with E-state index in [9.17, 15) is 14.9 Å². The van der Waals surface area contributed by atoms with Crippen LogP contribution < -0.4 is 15.4 Å².